The Bertz CT molecular complexity index is 666. The molecule has 2 heterocycles. The zero-order valence-electron chi connectivity index (χ0n) is 14.2. The summed E-state index contributed by atoms with van der Waals surface area (Å²) in [4.78, 5) is 12.9. The molecule has 0 radical (unpaired) electrons. The van der Waals surface area contributed by atoms with Gasteiger partial charge in [0.2, 0.25) is 0 Å². The molecule has 0 bridgehead atoms. The van der Waals surface area contributed by atoms with E-state index in [1.54, 1.807) is 23.1 Å². The molecule has 2 aliphatic rings. The Kier molecular flexibility index (Phi) is 5.35. The number of ether oxygens (including phenoxy) is 2. The topological polar surface area (TPSA) is 140 Å². The average Bonchev–Trinajstić information content (AvgIpc) is 2.97. The van der Waals surface area contributed by atoms with Crippen molar-refractivity contribution >= 4 is 11.7 Å². The first kappa shape index (κ1) is 18.9. The summed E-state index contributed by atoms with van der Waals surface area (Å²) >= 11 is 0. The number of methoxy groups -OCH3 is 1. The molecule has 1 aromatic carbocycles. The quantitative estimate of drug-likeness (QED) is 0.436. The number of anilines is 1. The van der Waals surface area contributed by atoms with E-state index in [2.05, 4.69) is 0 Å². The summed E-state index contributed by atoms with van der Waals surface area (Å²) in [7, 11) is 1.51. The highest BCUT2D eigenvalue weighted by atomic mass is 16.6. The summed E-state index contributed by atoms with van der Waals surface area (Å²) in [6.45, 7) is -0.277. The molecule has 1 saturated heterocycles. The van der Waals surface area contributed by atoms with E-state index in [0.717, 1.165) is 5.56 Å². The molecular formula is C17H23NO8. The number of fused-ring (bicyclic) bond motifs is 1. The minimum Gasteiger partial charge on any atom is -0.497 e. The number of hydrogen-bond donors (Lipinski definition) is 5. The van der Waals surface area contributed by atoms with Gasteiger partial charge in [0.05, 0.1) is 20.1 Å². The van der Waals surface area contributed by atoms with Gasteiger partial charge in [0.25, 0.3) is 0 Å². The van der Waals surface area contributed by atoms with Crippen molar-refractivity contribution in [2.75, 3.05) is 25.2 Å². The number of carbonyl (C=O) groups is 1. The zero-order chi connectivity index (χ0) is 19.0. The van der Waals surface area contributed by atoms with Crippen LogP contribution in [0.2, 0.25) is 0 Å². The van der Waals surface area contributed by atoms with Crippen molar-refractivity contribution in [2.45, 2.75) is 43.0 Å². The van der Waals surface area contributed by atoms with Crippen molar-refractivity contribution in [3.05, 3.63) is 23.8 Å². The third kappa shape index (κ3) is 3.24. The molecule has 9 nitrogen and oxygen atoms in total. The first-order valence-electron chi connectivity index (χ1n) is 8.34. The minimum atomic E-state index is -1.49. The normalized spacial score (nSPS) is 33.8. The van der Waals surface area contributed by atoms with Gasteiger partial charge in [-0.15, -0.1) is 0 Å². The van der Waals surface area contributed by atoms with Crippen LogP contribution in [-0.2, 0) is 9.53 Å². The second-order valence-electron chi connectivity index (χ2n) is 6.59. The Balaban J connectivity index is 1.94. The van der Waals surface area contributed by atoms with Crippen LogP contribution < -0.4 is 9.64 Å². The highest BCUT2D eigenvalue weighted by Crippen LogP contribution is 2.43. The molecule has 26 heavy (non-hydrogen) atoms. The van der Waals surface area contributed by atoms with Crippen LogP contribution in [0, 0.1) is 0 Å². The van der Waals surface area contributed by atoms with Crippen LogP contribution in [-0.4, -0.2) is 82.4 Å². The Morgan fingerprint density at radius 3 is 2.62 bits per heavy atom. The van der Waals surface area contributed by atoms with E-state index in [-0.39, 0.29) is 18.9 Å². The molecule has 9 heteroatoms. The maximum absolute atomic E-state index is 11.2. The van der Waals surface area contributed by atoms with Crippen LogP contribution in [0.3, 0.4) is 0 Å². The first-order valence-corrected chi connectivity index (χ1v) is 8.34. The van der Waals surface area contributed by atoms with E-state index in [1.807, 2.05) is 0 Å². The highest BCUT2D eigenvalue weighted by molar-refractivity contribution is 5.72. The van der Waals surface area contributed by atoms with Gasteiger partial charge in [0, 0.05) is 18.2 Å². The van der Waals surface area contributed by atoms with E-state index < -0.39 is 43.2 Å². The lowest BCUT2D eigenvalue weighted by Crippen LogP contribution is -2.63. The van der Waals surface area contributed by atoms with E-state index in [4.69, 9.17) is 9.47 Å². The van der Waals surface area contributed by atoms with E-state index in [1.165, 1.54) is 7.11 Å². The second-order valence-corrected chi connectivity index (χ2v) is 6.59. The number of carboxylic acid groups (broad SMARTS) is 1. The molecule has 144 valence electrons. The predicted octanol–water partition coefficient (Wildman–Crippen LogP) is -1.13. The van der Waals surface area contributed by atoms with Gasteiger partial charge in [-0.25, -0.2) is 0 Å². The summed E-state index contributed by atoms with van der Waals surface area (Å²) in [6.07, 6.45) is -6.54. The fourth-order valence-electron chi connectivity index (χ4n) is 3.65. The van der Waals surface area contributed by atoms with Crippen molar-refractivity contribution < 1.29 is 39.8 Å². The number of benzene rings is 1. The van der Waals surface area contributed by atoms with Gasteiger partial charge in [-0.05, 0) is 23.8 Å². The van der Waals surface area contributed by atoms with Crippen molar-refractivity contribution in [1.82, 2.24) is 0 Å². The number of hydrogen-bond acceptors (Lipinski definition) is 8. The SMILES string of the molecule is COc1ccc2c(c1)C(CC(=O)O)CN2[C@@H]1O[C@H](CO)[C@@H](O)[C@H](O)[C@H]1O. The lowest BCUT2D eigenvalue weighted by atomic mass is 9.97. The molecular weight excluding hydrogens is 346 g/mol. The van der Waals surface area contributed by atoms with Crippen LogP contribution in [0.25, 0.3) is 0 Å². The molecule has 3 rings (SSSR count). The van der Waals surface area contributed by atoms with Crippen LogP contribution in [0.4, 0.5) is 5.69 Å². The molecule has 1 fully saturated rings. The van der Waals surface area contributed by atoms with Crippen molar-refractivity contribution in [1.29, 1.82) is 0 Å². The van der Waals surface area contributed by atoms with Gasteiger partial charge >= 0.3 is 5.97 Å². The Morgan fingerprint density at radius 2 is 2.00 bits per heavy atom. The average molecular weight is 369 g/mol. The molecule has 5 N–H and O–H groups in total. The number of rotatable bonds is 5. The maximum Gasteiger partial charge on any atom is 0.304 e. The number of aliphatic carboxylic acids is 1. The lowest BCUT2D eigenvalue weighted by Gasteiger charge is -2.44. The number of nitrogens with zero attached hydrogens (tertiary/aromatic N) is 1. The smallest absolute Gasteiger partial charge is 0.304 e. The van der Waals surface area contributed by atoms with Crippen molar-refractivity contribution in [3.63, 3.8) is 0 Å². The van der Waals surface area contributed by atoms with Gasteiger partial charge in [-0.2, -0.15) is 0 Å². The monoisotopic (exact) mass is 369 g/mol. The number of aliphatic hydroxyl groups excluding tert-OH is 4. The fraction of sp³-hybridized carbons (Fsp3) is 0.588. The predicted molar refractivity (Wildman–Crippen MR) is 89.1 cm³/mol. The summed E-state index contributed by atoms with van der Waals surface area (Å²) in [5.74, 6) is -0.737. The minimum absolute atomic E-state index is 0.117. The van der Waals surface area contributed by atoms with Crippen molar-refractivity contribution in [3.8, 4) is 5.75 Å². The third-order valence-electron chi connectivity index (χ3n) is 5.00. The van der Waals surface area contributed by atoms with Gasteiger partial charge in [0.1, 0.15) is 30.2 Å². The molecule has 0 amide bonds. The Morgan fingerprint density at radius 1 is 1.27 bits per heavy atom. The van der Waals surface area contributed by atoms with Crippen LogP contribution in [0.5, 0.6) is 5.75 Å². The van der Waals surface area contributed by atoms with Gasteiger partial charge < -0.3 is 39.9 Å². The molecule has 1 aromatic rings. The Hall–Kier alpha value is -1.91. The largest absolute Gasteiger partial charge is 0.497 e. The fourth-order valence-corrected chi connectivity index (χ4v) is 3.65. The molecule has 2 aliphatic heterocycles. The first-order chi connectivity index (χ1) is 12.4. The van der Waals surface area contributed by atoms with Crippen LogP contribution in [0.15, 0.2) is 18.2 Å². The summed E-state index contributed by atoms with van der Waals surface area (Å²) in [6, 6.07) is 5.18. The number of aliphatic hydroxyl groups is 4. The number of carboxylic acids is 1. The van der Waals surface area contributed by atoms with E-state index in [0.29, 0.717) is 11.4 Å². The highest BCUT2D eigenvalue weighted by Gasteiger charge is 2.48. The van der Waals surface area contributed by atoms with Crippen LogP contribution in [0.1, 0.15) is 17.9 Å². The van der Waals surface area contributed by atoms with Crippen molar-refractivity contribution in [2.24, 2.45) is 0 Å². The molecule has 0 aliphatic carbocycles. The molecule has 1 unspecified atom stereocenters. The standard InChI is InChI=1S/C17H23NO8/c1-25-9-2-3-11-10(5-9)8(4-13(20)21)6-18(11)17-16(24)15(23)14(22)12(7-19)26-17/h2-3,5,8,12,14-17,19,22-24H,4,6-7H2,1H3,(H,20,21)/t8?,12-,14-,15+,16-,17-/m1/s1. The summed E-state index contributed by atoms with van der Waals surface area (Å²) in [5.41, 5.74) is 1.39. The molecule has 0 saturated carbocycles. The van der Waals surface area contributed by atoms with Gasteiger partial charge in [0.15, 0.2) is 6.23 Å². The summed E-state index contributed by atoms with van der Waals surface area (Å²) in [5, 5.41) is 48.9. The van der Waals surface area contributed by atoms with Gasteiger partial charge in [-0.3, -0.25) is 4.79 Å². The second kappa shape index (κ2) is 7.37. The molecule has 0 spiro atoms. The molecule has 0 aromatic heterocycles. The zero-order valence-corrected chi connectivity index (χ0v) is 14.2. The maximum atomic E-state index is 11.2. The van der Waals surface area contributed by atoms with Crippen LogP contribution >= 0.6 is 0 Å². The third-order valence-corrected chi connectivity index (χ3v) is 5.00. The molecule has 6 atom stereocenters. The lowest BCUT2D eigenvalue weighted by molar-refractivity contribution is -0.228. The van der Waals surface area contributed by atoms with Gasteiger partial charge in [-0.1, -0.05) is 0 Å². The Labute approximate surface area is 150 Å². The van der Waals surface area contributed by atoms with E-state index in [9.17, 15) is 30.3 Å². The summed E-state index contributed by atoms with van der Waals surface area (Å²) < 4.78 is 10.8. The van der Waals surface area contributed by atoms with E-state index >= 15 is 0 Å².